The van der Waals surface area contributed by atoms with Crippen molar-refractivity contribution in [3.63, 3.8) is 0 Å². The highest BCUT2D eigenvalue weighted by molar-refractivity contribution is 5.95. The van der Waals surface area contributed by atoms with Crippen molar-refractivity contribution in [3.8, 4) is 0 Å². The Hall–Kier alpha value is -1.85. The smallest absolute Gasteiger partial charge is 0.326 e. The average Bonchev–Trinajstić information content (AvgIpc) is 2.96. The fourth-order valence-corrected chi connectivity index (χ4v) is 1.56. The van der Waals surface area contributed by atoms with E-state index in [0.717, 1.165) is 12.8 Å². The second kappa shape index (κ2) is 3.96. The molecule has 2 N–H and O–H groups in total. The first-order valence-electron chi connectivity index (χ1n) is 5.11. The van der Waals surface area contributed by atoms with Crippen LogP contribution in [-0.4, -0.2) is 32.8 Å². The van der Waals surface area contributed by atoms with Crippen molar-refractivity contribution in [2.45, 2.75) is 18.9 Å². The molecule has 1 saturated carbocycles. The molecule has 0 aromatic carbocycles. The largest absolute Gasteiger partial charge is 0.480 e. The molecule has 0 spiro atoms. The molecule has 1 aliphatic rings. The van der Waals surface area contributed by atoms with E-state index in [9.17, 15) is 9.59 Å². The maximum Gasteiger partial charge on any atom is 0.326 e. The number of carboxylic acid groups (broad SMARTS) is 1. The molecule has 6 nitrogen and oxygen atoms in total. The van der Waals surface area contributed by atoms with Crippen LogP contribution in [0.4, 0.5) is 0 Å². The Morgan fingerprint density at radius 1 is 1.62 bits per heavy atom. The quantitative estimate of drug-likeness (QED) is 0.753. The van der Waals surface area contributed by atoms with Crippen molar-refractivity contribution >= 4 is 11.9 Å². The fraction of sp³-hybridized carbons (Fsp3) is 0.500. The van der Waals surface area contributed by atoms with Crippen molar-refractivity contribution in [1.29, 1.82) is 0 Å². The van der Waals surface area contributed by atoms with Crippen LogP contribution in [-0.2, 0) is 11.8 Å². The minimum Gasteiger partial charge on any atom is -0.480 e. The van der Waals surface area contributed by atoms with Crippen LogP contribution in [0.5, 0.6) is 0 Å². The Labute approximate surface area is 92.3 Å². The molecule has 1 aromatic heterocycles. The number of carboxylic acids is 1. The normalized spacial score (nSPS) is 16.8. The summed E-state index contributed by atoms with van der Waals surface area (Å²) >= 11 is 0. The van der Waals surface area contributed by atoms with Gasteiger partial charge in [0.25, 0.3) is 5.91 Å². The molecule has 1 atom stereocenters. The van der Waals surface area contributed by atoms with Gasteiger partial charge in [0.2, 0.25) is 0 Å². The summed E-state index contributed by atoms with van der Waals surface area (Å²) in [7, 11) is 1.70. The van der Waals surface area contributed by atoms with Crippen LogP contribution in [0.25, 0.3) is 0 Å². The Bertz CT molecular complexity index is 423. The Kier molecular flexibility index (Phi) is 2.64. The molecular formula is C10H13N3O3. The zero-order valence-corrected chi connectivity index (χ0v) is 8.88. The van der Waals surface area contributed by atoms with Gasteiger partial charge in [-0.3, -0.25) is 9.48 Å². The summed E-state index contributed by atoms with van der Waals surface area (Å²) in [4.78, 5) is 22.6. The van der Waals surface area contributed by atoms with E-state index in [0.29, 0.717) is 0 Å². The van der Waals surface area contributed by atoms with Crippen LogP contribution < -0.4 is 5.32 Å². The fourth-order valence-electron chi connectivity index (χ4n) is 1.56. The summed E-state index contributed by atoms with van der Waals surface area (Å²) in [6.45, 7) is 0. The van der Waals surface area contributed by atoms with Crippen molar-refractivity contribution in [1.82, 2.24) is 15.1 Å². The molecule has 1 heterocycles. The van der Waals surface area contributed by atoms with E-state index in [4.69, 9.17) is 5.11 Å². The van der Waals surface area contributed by atoms with Crippen molar-refractivity contribution < 1.29 is 14.7 Å². The highest BCUT2D eigenvalue weighted by Crippen LogP contribution is 2.32. The first-order valence-corrected chi connectivity index (χ1v) is 5.11. The van der Waals surface area contributed by atoms with Gasteiger partial charge in [0, 0.05) is 13.2 Å². The van der Waals surface area contributed by atoms with Crippen LogP contribution in [0.2, 0.25) is 0 Å². The topological polar surface area (TPSA) is 84.2 Å². The number of carbonyl (C=O) groups excluding carboxylic acids is 1. The number of amides is 1. The monoisotopic (exact) mass is 223 g/mol. The molecule has 0 bridgehead atoms. The Morgan fingerprint density at radius 2 is 2.31 bits per heavy atom. The third-order valence-electron chi connectivity index (χ3n) is 2.59. The van der Waals surface area contributed by atoms with Gasteiger partial charge >= 0.3 is 5.97 Å². The number of carbonyl (C=O) groups is 2. The number of rotatable bonds is 4. The molecule has 0 aliphatic heterocycles. The highest BCUT2D eigenvalue weighted by atomic mass is 16.4. The van der Waals surface area contributed by atoms with Gasteiger partial charge in [0.1, 0.15) is 11.7 Å². The van der Waals surface area contributed by atoms with E-state index in [1.807, 2.05) is 0 Å². The number of hydrogen-bond donors (Lipinski definition) is 2. The average molecular weight is 223 g/mol. The molecule has 16 heavy (non-hydrogen) atoms. The van der Waals surface area contributed by atoms with Gasteiger partial charge in [0.05, 0.1) is 0 Å². The molecule has 1 amide bonds. The maximum atomic E-state index is 11.7. The zero-order chi connectivity index (χ0) is 11.7. The number of aliphatic carboxylic acids is 1. The lowest BCUT2D eigenvalue weighted by Gasteiger charge is -2.12. The number of aryl methyl sites for hydroxylation is 1. The van der Waals surface area contributed by atoms with E-state index < -0.39 is 17.9 Å². The molecule has 1 aliphatic carbocycles. The minimum absolute atomic E-state index is 0.0742. The van der Waals surface area contributed by atoms with Crippen LogP contribution in [0.1, 0.15) is 23.3 Å². The summed E-state index contributed by atoms with van der Waals surface area (Å²) in [5.41, 5.74) is 0.245. The summed E-state index contributed by atoms with van der Waals surface area (Å²) in [6, 6.07) is 0.774. The molecule has 1 fully saturated rings. The molecular weight excluding hydrogens is 210 g/mol. The number of nitrogens with zero attached hydrogens (tertiary/aromatic N) is 2. The molecule has 0 saturated heterocycles. The van der Waals surface area contributed by atoms with Gasteiger partial charge in [-0.1, -0.05) is 0 Å². The number of nitrogens with one attached hydrogen (secondary N) is 1. The molecule has 6 heteroatoms. The predicted molar refractivity (Wildman–Crippen MR) is 54.8 cm³/mol. The molecule has 2 rings (SSSR count). The first kappa shape index (κ1) is 10.7. The third-order valence-corrected chi connectivity index (χ3v) is 2.59. The maximum absolute atomic E-state index is 11.7. The zero-order valence-electron chi connectivity index (χ0n) is 8.88. The number of hydrogen-bond acceptors (Lipinski definition) is 3. The van der Waals surface area contributed by atoms with Gasteiger partial charge in [-0.25, -0.2) is 4.79 Å². The first-order chi connectivity index (χ1) is 7.58. The molecule has 0 radical (unpaired) electrons. The van der Waals surface area contributed by atoms with E-state index in [2.05, 4.69) is 10.4 Å². The predicted octanol–water partition coefficient (Wildman–Crippen LogP) is 0.0131. The van der Waals surface area contributed by atoms with E-state index in [-0.39, 0.29) is 11.6 Å². The van der Waals surface area contributed by atoms with Crippen molar-refractivity contribution in [2.24, 2.45) is 13.0 Å². The highest BCUT2D eigenvalue weighted by Gasteiger charge is 2.37. The van der Waals surface area contributed by atoms with Crippen LogP contribution in [0, 0.1) is 5.92 Å². The van der Waals surface area contributed by atoms with Crippen LogP contribution >= 0.6 is 0 Å². The van der Waals surface area contributed by atoms with Crippen molar-refractivity contribution in [2.75, 3.05) is 0 Å². The summed E-state index contributed by atoms with van der Waals surface area (Å²) in [5, 5.41) is 15.4. The summed E-state index contributed by atoms with van der Waals surface area (Å²) < 4.78 is 1.50. The van der Waals surface area contributed by atoms with E-state index in [1.54, 1.807) is 19.3 Å². The van der Waals surface area contributed by atoms with Gasteiger partial charge in [0.15, 0.2) is 0 Å². The van der Waals surface area contributed by atoms with Crippen LogP contribution in [0.15, 0.2) is 12.3 Å². The summed E-state index contributed by atoms with van der Waals surface area (Å²) in [5.74, 6) is -1.34. The summed E-state index contributed by atoms with van der Waals surface area (Å²) in [6.07, 6.45) is 3.36. The lowest BCUT2D eigenvalue weighted by atomic mass is 10.2. The lowest BCUT2D eigenvalue weighted by Crippen LogP contribution is -2.42. The SMILES string of the molecule is Cn1ccc(C(=O)NC(C(=O)O)C2CC2)n1. The Morgan fingerprint density at radius 3 is 2.75 bits per heavy atom. The third kappa shape index (κ3) is 2.21. The lowest BCUT2D eigenvalue weighted by molar-refractivity contribution is -0.139. The van der Waals surface area contributed by atoms with Gasteiger partial charge in [-0.05, 0) is 24.8 Å². The van der Waals surface area contributed by atoms with Gasteiger partial charge in [-0.2, -0.15) is 5.10 Å². The molecule has 86 valence electrons. The minimum atomic E-state index is -0.980. The van der Waals surface area contributed by atoms with Gasteiger partial charge in [-0.15, -0.1) is 0 Å². The standard InChI is InChI=1S/C10H13N3O3/c1-13-5-4-7(12-13)9(14)11-8(10(15)16)6-2-3-6/h4-6,8H,2-3H2,1H3,(H,11,14)(H,15,16). The van der Waals surface area contributed by atoms with Gasteiger partial charge < -0.3 is 10.4 Å². The second-order valence-electron chi connectivity index (χ2n) is 4.00. The number of aromatic nitrogens is 2. The second-order valence-corrected chi connectivity index (χ2v) is 4.00. The Balaban J connectivity index is 2.02. The van der Waals surface area contributed by atoms with E-state index >= 15 is 0 Å². The molecule has 1 aromatic rings. The van der Waals surface area contributed by atoms with E-state index in [1.165, 1.54) is 4.68 Å². The molecule has 1 unspecified atom stereocenters. The van der Waals surface area contributed by atoms with Crippen LogP contribution in [0.3, 0.4) is 0 Å². The van der Waals surface area contributed by atoms with Crippen molar-refractivity contribution in [3.05, 3.63) is 18.0 Å².